The average Bonchev–Trinajstić information content (AvgIpc) is 2.85. The molecule has 1 aromatic rings. The second-order valence-corrected chi connectivity index (χ2v) is 9.97. The predicted molar refractivity (Wildman–Crippen MR) is 100 cm³/mol. The zero-order valence-electron chi connectivity index (χ0n) is 15.0. The highest BCUT2D eigenvalue weighted by molar-refractivity contribution is 7.90. The standard InChI is InChI=1S/C18H27N3O3S/c1-17(2,3)25(24)19-12-14-13-6-4-5-7-15(13)20-18(14)8-10-21(11-9-18)16(22)23/h4-7,14,19-20H,8-12H2,1-3H3,(H,22,23)/t14-,25+/m1/s1. The first-order valence-electron chi connectivity index (χ1n) is 8.73. The minimum Gasteiger partial charge on any atom is -0.598 e. The SMILES string of the molecule is CC(C)(C)[S@+]([O-])NC[C@@H]1c2ccccc2NC12CCN(C(=O)O)CC2. The number of para-hydroxylation sites is 1. The molecular formula is C18H27N3O3S. The fraction of sp³-hybridized carbons (Fsp3) is 0.611. The van der Waals surface area contributed by atoms with E-state index in [9.17, 15) is 14.5 Å². The molecule has 3 N–H and O–H groups in total. The molecule has 6 nitrogen and oxygen atoms in total. The Balaban J connectivity index is 1.80. The Hall–Kier alpha value is -1.44. The fourth-order valence-corrected chi connectivity index (χ4v) is 4.57. The number of rotatable bonds is 3. The first kappa shape index (κ1) is 18.4. The van der Waals surface area contributed by atoms with Crippen LogP contribution in [0.5, 0.6) is 0 Å². The van der Waals surface area contributed by atoms with Crippen molar-refractivity contribution in [1.82, 2.24) is 9.62 Å². The first-order chi connectivity index (χ1) is 11.7. The third kappa shape index (κ3) is 3.59. The summed E-state index contributed by atoms with van der Waals surface area (Å²) in [5.41, 5.74) is 2.16. The van der Waals surface area contributed by atoms with E-state index in [1.165, 1.54) is 10.5 Å². The third-order valence-corrected chi connectivity index (χ3v) is 6.83. The molecule has 138 valence electrons. The molecule has 0 unspecified atom stereocenters. The van der Waals surface area contributed by atoms with Crippen LogP contribution < -0.4 is 10.0 Å². The summed E-state index contributed by atoms with van der Waals surface area (Å²) in [6, 6.07) is 8.23. The van der Waals surface area contributed by atoms with E-state index in [0.29, 0.717) is 19.6 Å². The van der Waals surface area contributed by atoms with Crippen molar-refractivity contribution in [2.75, 3.05) is 25.0 Å². The van der Waals surface area contributed by atoms with Gasteiger partial charge in [0.1, 0.15) is 4.75 Å². The monoisotopic (exact) mass is 365 g/mol. The van der Waals surface area contributed by atoms with Gasteiger partial charge in [-0.2, -0.15) is 0 Å². The molecule has 0 bridgehead atoms. The maximum atomic E-state index is 12.4. The van der Waals surface area contributed by atoms with Crippen molar-refractivity contribution in [3.05, 3.63) is 29.8 Å². The molecule has 0 aliphatic carbocycles. The summed E-state index contributed by atoms with van der Waals surface area (Å²) in [7, 11) is 0. The molecule has 1 aromatic carbocycles. The molecule has 0 saturated carbocycles. The van der Waals surface area contributed by atoms with E-state index in [4.69, 9.17) is 0 Å². The number of piperidine rings is 1. The van der Waals surface area contributed by atoms with Crippen LogP contribution >= 0.6 is 0 Å². The highest BCUT2D eigenvalue weighted by Crippen LogP contribution is 2.47. The van der Waals surface area contributed by atoms with Crippen LogP contribution in [0.3, 0.4) is 0 Å². The molecule has 2 aliphatic rings. The third-order valence-electron chi connectivity index (χ3n) is 5.29. The Morgan fingerprint density at radius 2 is 2.04 bits per heavy atom. The van der Waals surface area contributed by atoms with Crippen LogP contribution in [0.25, 0.3) is 0 Å². The number of amides is 1. The van der Waals surface area contributed by atoms with Gasteiger partial charge in [0.15, 0.2) is 0 Å². The van der Waals surface area contributed by atoms with Gasteiger partial charge in [0, 0.05) is 41.6 Å². The van der Waals surface area contributed by atoms with Gasteiger partial charge in [-0.15, -0.1) is 4.72 Å². The Kier molecular flexibility index (Phi) is 4.92. The lowest BCUT2D eigenvalue weighted by molar-refractivity contribution is 0.117. The lowest BCUT2D eigenvalue weighted by Crippen LogP contribution is -2.54. The molecule has 2 aliphatic heterocycles. The van der Waals surface area contributed by atoms with Gasteiger partial charge in [0.05, 0.1) is 6.54 Å². The average molecular weight is 365 g/mol. The van der Waals surface area contributed by atoms with E-state index >= 15 is 0 Å². The molecular weight excluding hydrogens is 338 g/mol. The highest BCUT2D eigenvalue weighted by Gasteiger charge is 2.48. The normalized spacial score (nSPS) is 23.2. The smallest absolute Gasteiger partial charge is 0.407 e. The predicted octanol–water partition coefficient (Wildman–Crippen LogP) is 2.76. The fourth-order valence-electron chi connectivity index (χ4n) is 3.82. The van der Waals surface area contributed by atoms with E-state index in [2.05, 4.69) is 22.2 Å². The molecule has 0 radical (unpaired) electrons. The number of hydrogen-bond donors (Lipinski definition) is 3. The Bertz CT molecular complexity index is 639. The van der Waals surface area contributed by atoms with Crippen LogP contribution in [0, 0.1) is 0 Å². The Labute approximate surface area is 152 Å². The maximum absolute atomic E-state index is 12.4. The molecule has 0 aromatic heterocycles. The van der Waals surface area contributed by atoms with E-state index < -0.39 is 17.5 Å². The Morgan fingerprint density at radius 3 is 2.64 bits per heavy atom. The van der Waals surface area contributed by atoms with Gasteiger partial charge in [-0.05, 0) is 45.2 Å². The van der Waals surface area contributed by atoms with Crippen molar-refractivity contribution < 1.29 is 14.5 Å². The second kappa shape index (κ2) is 6.70. The van der Waals surface area contributed by atoms with Crippen molar-refractivity contribution >= 4 is 23.1 Å². The van der Waals surface area contributed by atoms with Crippen molar-refractivity contribution in [1.29, 1.82) is 0 Å². The number of hydrogen-bond acceptors (Lipinski definition) is 4. The van der Waals surface area contributed by atoms with E-state index in [1.54, 1.807) is 0 Å². The number of likely N-dealkylation sites (tertiary alicyclic amines) is 1. The van der Waals surface area contributed by atoms with Gasteiger partial charge in [0.25, 0.3) is 0 Å². The van der Waals surface area contributed by atoms with Crippen molar-refractivity contribution in [2.24, 2.45) is 0 Å². The molecule has 1 spiro atoms. The van der Waals surface area contributed by atoms with Crippen LogP contribution in [-0.4, -0.2) is 50.6 Å². The minimum absolute atomic E-state index is 0.172. The first-order valence-corrected chi connectivity index (χ1v) is 9.88. The molecule has 3 rings (SSSR count). The molecule has 1 saturated heterocycles. The van der Waals surface area contributed by atoms with E-state index in [1.807, 2.05) is 32.9 Å². The highest BCUT2D eigenvalue weighted by atomic mass is 32.2. The molecule has 1 amide bonds. The number of carbonyl (C=O) groups is 1. The zero-order chi connectivity index (χ0) is 18.2. The van der Waals surface area contributed by atoms with Gasteiger partial charge in [0.2, 0.25) is 0 Å². The van der Waals surface area contributed by atoms with E-state index in [-0.39, 0.29) is 16.2 Å². The molecule has 25 heavy (non-hydrogen) atoms. The number of carboxylic acid groups (broad SMARTS) is 1. The van der Waals surface area contributed by atoms with Crippen LogP contribution in [0.4, 0.5) is 10.5 Å². The molecule has 2 heterocycles. The largest absolute Gasteiger partial charge is 0.598 e. The molecule has 7 heteroatoms. The summed E-state index contributed by atoms with van der Waals surface area (Å²) in [5, 5.41) is 12.9. The van der Waals surface area contributed by atoms with Crippen molar-refractivity contribution in [3.8, 4) is 0 Å². The number of nitrogens with zero attached hydrogens (tertiary/aromatic N) is 1. The van der Waals surface area contributed by atoms with Gasteiger partial charge >= 0.3 is 6.09 Å². The number of benzene rings is 1. The van der Waals surface area contributed by atoms with Crippen molar-refractivity contribution in [2.45, 2.75) is 49.8 Å². The van der Waals surface area contributed by atoms with E-state index in [0.717, 1.165) is 18.5 Å². The van der Waals surface area contributed by atoms with Crippen molar-refractivity contribution in [3.63, 3.8) is 0 Å². The maximum Gasteiger partial charge on any atom is 0.407 e. The lowest BCUT2D eigenvalue weighted by Gasteiger charge is -2.43. The summed E-state index contributed by atoms with van der Waals surface area (Å²) in [6.45, 7) is 7.53. The quantitative estimate of drug-likeness (QED) is 0.717. The number of fused-ring (bicyclic) bond motifs is 1. The second-order valence-electron chi connectivity index (χ2n) is 7.92. The summed E-state index contributed by atoms with van der Waals surface area (Å²) < 4.78 is 15.3. The van der Waals surface area contributed by atoms with Crippen LogP contribution in [-0.2, 0) is 11.4 Å². The number of nitrogens with one attached hydrogen (secondary N) is 2. The van der Waals surface area contributed by atoms with Gasteiger partial charge in [-0.1, -0.05) is 18.2 Å². The summed E-state index contributed by atoms with van der Waals surface area (Å²) >= 11 is -1.13. The van der Waals surface area contributed by atoms with Gasteiger partial charge in [-0.3, -0.25) is 0 Å². The Morgan fingerprint density at radius 1 is 1.40 bits per heavy atom. The summed E-state index contributed by atoms with van der Waals surface area (Å²) in [4.78, 5) is 12.7. The topological polar surface area (TPSA) is 87.7 Å². The van der Waals surface area contributed by atoms with Crippen LogP contribution in [0.2, 0.25) is 0 Å². The van der Waals surface area contributed by atoms with Gasteiger partial charge in [-0.25, -0.2) is 4.79 Å². The molecule has 1 fully saturated rings. The lowest BCUT2D eigenvalue weighted by atomic mass is 9.76. The van der Waals surface area contributed by atoms with Gasteiger partial charge < -0.3 is 19.9 Å². The summed E-state index contributed by atoms with van der Waals surface area (Å²) in [6.07, 6.45) is 0.652. The molecule has 2 atom stereocenters. The zero-order valence-corrected chi connectivity index (χ0v) is 15.9. The summed E-state index contributed by atoms with van der Waals surface area (Å²) in [5.74, 6) is 0.172. The van der Waals surface area contributed by atoms with Crippen LogP contribution in [0.1, 0.15) is 45.1 Å². The minimum atomic E-state index is -1.13. The number of anilines is 1. The van der Waals surface area contributed by atoms with Crippen LogP contribution in [0.15, 0.2) is 24.3 Å².